The van der Waals surface area contributed by atoms with E-state index in [0.29, 0.717) is 10.2 Å². The van der Waals surface area contributed by atoms with E-state index in [-0.39, 0.29) is 23.3 Å². The Labute approximate surface area is 149 Å². The van der Waals surface area contributed by atoms with Crippen molar-refractivity contribution >= 4 is 33.8 Å². The summed E-state index contributed by atoms with van der Waals surface area (Å²) in [7, 11) is 1.56. The van der Waals surface area contributed by atoms with Crippen LogP contribution in [0.15, 0.2) is 45.8 Å². The van der Waals surface area contributed by atoms with Crippen LogP contribution >= 0.6 is 15.9 Å². The monoisotopic (exact) mass is 410 g/mol. The summed E-state index contributed by atoms with van der Waals surface area (Å²) in [6, 6.07) is 2.94. The lowest BCUT2D eigenvalue weighted by atomic mass is 10.3. The molecule has 0 saturated carbocycles. The maximum Gasteiger partial charge on any atom is 0.273 e. The number of nitrogens with two attached hydrogens (primary N) is 1. The first kappa shape index (κ1) is 18.3. The molecule has 0 aliphatic carbocycles. The van der Waals surface area contributed by atoms with Gasteiger partial charge in [-0.2, -0.15) is 4.98 Å². The Morgan fingerprint density at radius 1 is 1.56 bits per heavy atom. The highest BCUT2D eigenvalue weighted by Gasteiger charge is 2.15. The average molecular weight is 411 g/mol. The molecule has 2 rings (SSSR count). The van der Waals surface area contributed by atoms with Gasteiger partial charge in [0.05, 0.1) is 27.4 Å². The predicted octanol–water partition coefficient (Wildman–Crippen LogP) is 2.99. The van der Waals surface area contributed by atoms with Crippen molar-refractivity contribution in [1.82, 2.24) is 9.97 Å². The molecule has 0 amide bonds. The Kier molecular flexibility index (Phi) is 5.95. The number of aromatic nitrogens is 2. The number of aliphatic imine (C=N–C) groups is 1. The lowest BCUT2D eigenvalue weighted by molar-refractivity contribution is -0.385. The van der Waals surface area contributed by atoms with Crippen molar-refractivity contribution < 1.29 is 14.1 Å². The zero-order valence-corrected chi connectivity index (χ0v) is 14.4. The van der Waals surface area contributed by atoms with Gasteiger partial charge in [0.15, 0.2) is 11.6 Å². The zero-order chi connectivity index (χ0) is 18.4. The van der Waals surface area contributed by atoms with Crippen LogP contribution in [0.2, 0.25) is 0 Å². The molecule has 0 unspecified atom stereocenters. The van der Waals surface area contributed by atoms with Crippen LogP contribution in [0.1, 0.15) is 0 Å². The Bertz CT molecular complexity index is 858. The SMILES string of the molecule is CN=CC(=CN)Nc1ncc(Br)c(Oc2cc([N+](=O)[O-])ccc2F)n1. The van der Waals surface area contributed by atoms with E-state index in [1.165, 1.54) is 18.6 Å². The summed E-state index contributed by atoms with van der Waals surface area (Å²) < 4.78 is 19.5. The number of nitrogens with one attached hydrogen (secondary N) is 1. The molecule has 25 heavy (non-hydrogen) atoms. The van der Waals surface area contributed by atoms with Gasteiger partial charge in [-0.15, -0.1) is 0 Å². The molecule has 0 radical (unpaired) electrons. The van der Waals surface area contributed by atoms with Gasteiger partial charge in [-0.05, 0) is 22.0 Å². The zero-order valence-electron chi connectivity index (χ0n) is 12.8. The third kappa shape index (κ3) is 4.70. The highest BCUT2D eigenvalue weighted by atomic mass is 79.9. The van der Waals surface area contributed by atoms with Crippen LogP contribution in [0.4, 0.5) is 16.0 Å². The van der Waals surface area contributed by atoms with Gasteiger partial charge in [0.25, 0.3) is 5.69 Å². The molecule has 11 heteroatoms. The summed E-state index contributed by atoms with van der Waals surface area (Å²) in [4.78, 5) is 22.0. The van der Waals surface area contributed by atoms with Gasteiger partial charge in [-0.1, -0.05) is 0 Å². The van der Waals surface area contributed by atoms with Crippen molar-refractivity contribution in [3.8, 4) is 11.6 Å². The van der Waals surface area contributed by atoms with E-state index in [2.05, 4.69) is 36.2 Å². The normalized spacial score (nSPS) is 11.6. The fraction of sp³-hybridized carbons (Fsp3) is 0.0714. The number of hydrogen-bond donors (Lipinski definition) is 2. The number of hydrogen-bond acceptors (Lipinski definition) is 8. The third-order valence-electron chi connectivity index (χ3n) is 2.75. The van der Waals surface area contributed by atoms with Crippen LogP contribution in [0.25, 0.3) is 0 Å². The Balaban J connectivity index is 2.32. The quantitative estimate of drug-likeness (QED) is 0.425. The maximum atomic E-state index is 13.9. The number of allylic oxidation sites excluding steroid dienone is 1. The van der Waals surface area contributed by atoms with E-state index in [1.807, 2.05) is 0 Å². The minimum absolute atomic E-state index is 0.0401. The van der Waals surface area contributed by atoms with Gasteiger partial charge in [0.1, 0.15) is 0 Å². The number of rotatable bonds is 6. The minimum atomic E-state index is -0.772. The first-order chi connectivity index (χ1) is 11.9. The summed E-state index contributed by atoms with van der Waals surface area (Å²) in [5.41, 5.74) is 5.55. The molecule has 130 valence electrons. The first-order valence-electron chi connectivity index (χ1n) is 6.70. The summed E-state index contributed by atoms with van der Waals surface area (Å²) in [6.45, 7) is 0. The van der Waals surface area contributed by atoms with Gasteiger partial charge >= 0.3 is 0 Å². The van der Waals surface area contributed by atoms with E-state index in [0.717, 1.165) is 18.2 Å². The predicted molar refractivity (Wildman–Crippen MR) is 93.2 cm³/mol. The minimum Gasteiger partial charge on any atom is -0.434 e. The number of nitro benzene ring substituents is 1. The lowest BCUT2D eigenvalue weighted by Crippen LogP contribution is -2.07. The average Bonchev–Trinajstić information content (AvgIpc) is 2.59. The molecule has 9 nitrogen and oxygen atoms in total. The Morgan fingerprint density at radius 3 is 2.96 bits per heavy atom. The smallest absolute Gasteiger partial charge is 0.273 e. The number of non-ortho nitro benzene ring substituents is 1. The van der Waals surface area contributed by atoms with Crippen LogP contribution in [0.5, 0.6) is 11.6 Å². The van der Waals surface area contributed by atoms with Crippen LogP contribution in [-0.4, -0.2) is 28.2 Å². The molecule has 1 heterocycles. The first-order valence-corrected chi connectivity index (χ1v) is 7.49. The molecule has 1 aromatic heterocycles. The lowest BCUT2D eigenvalue weighted by Gasteiger charge is -2.10. The van der Waals surface area contributed by atoms with E-state index in [9.17, 15) is 14.5 Å². The van der Waals surface area contributed by atoms with Crippen molar-refractivity contribution in [2.24, 2.45) is 10.7 Å². The van der Waals surface area contributed by atoms with Crippen LogP contribution in [-0.2, 0) is 0 Å². The number of benzene rings is 1. The molecular formula is C14H12BrFN6O3. The van der Waals surface area contributed by atoms with Gasteiger partial charge in [-0.3, -0.25) is 15.1 Å². The molecule has 0 fully saturated rings. The summed E-state index contributed by atoms with van der Waals surface area (Å²) >= 11 is 3.17. The molecule has 0 atom stereocenters. The highest BCUT2D eigenvalue weighted by Crippen LogP contribution is 2.31. The van der Waals surface area contributed by atoms with Gasteiger partial charge in [-0.25, -0.2) is 9.37 Å². The van der Waals surface area contributed by atoms with E-state index in [4.69, 9.17) is 10.5 Å². The summed E-state index contributed by atoms with van der Waals surface area (Å²) in [6.07, 6.45) is 4.09. The Morgan fingerprint density at radius 2 is 2.32 bits per heavy atom. The van der Waals surface area contributed by atoms with Crippen LogP contribution < -0.4 is 15.8 Å². The maximum absolute atomic E-state index is 13.9. The molecule has 0 spiro atoms. The molecule has 0 aliphatic heterocycles. The number of nitro groups is 1. The number of halogens is 2. The topological polar surface area (TPSA) is 129 Å². The highest BCUT2D eigenvalue weighted by molar-refractivity contribution is 9.10. The summed E-state index contributed by atoms with van der Waals surface area (Å²) in [5, 5.41) is 13.6. The van der Waals surface area contributed by atoms with E-state index < -0.39 is 10.7 Å². The molecule has 2 aromatic rings. The molecule has 0 aliphatic rings. The molecule has 0 saturated heterocycles. The van der Waals surface area contributed by atoms with Crippen molar-refractivity contribution in [3.05, 3.63) is 56.7 Å². The molecular weight excluding hydrogens is 399 g/mol. The largest absolute Gasteiger partial charge is 0.434 e. The van der Waals surface area contributed by atoms with E-state index >= 15 is 0 Å². The molecule has 1 aromatic carbocycles. The van der Waals surface area contributed by atoms with Crippen molar-refractivity contribution in [2.45, 2.75) is 0 Å². The van der Waals surface area contributed by atoms with Crippen LogP contribution in [0, 0.1) is 15.9 Å². The van der Waals surface area contributed by atoms with Crippen LogP contribution in [0.3, 0.4) is 0 Å². The number of ether oxygens (including phenoxy) is 1. The van der Waals surface area contributed by atoms with Gasteiger partial charge in [0.2, 0.25) is 11.8 Å². The van der Waals surface area contributed by atoms with E-state index in [1.54, 1.807) is 7.05 Å². The van der Waals surface area contributed by atoms with Crippen molar-refractivity contribution in [2.75, 3.05) is 12.4 Å². The molecule has 0 bridgehead atoms. The second-order valence-corrected chi connectivity index (χ2v) is 5.31. The fourth-order valence-electron chi connectivity index (χ4n) is 1.66. The fourth-order valence-corrected chi connectivity index (χ4v) is 1.93. The third-order valence-corrected chi connectivity index (χ3v) is 3.29. The second kappa shape index (κ2) is 8.15. The molecule has 3 N–H and O–H groups in total. The number of nitrogens with zero attached hydrogens (tertiary/aromatic N) is 4. The summed E-state index contributed by atoms with van der Waals surface area (Å²) in [5.74, 6) is -1.04. The second-order valence-electron chi connectivity index (χ2n) is 4.45. The van der Waals surface area contributed by atoms with Gasteiger partial charge in [0, 0.05) is 25.5 Å². The number of anilines is 1. The van der Waals surface area contributed by atoms with Gasteiger partial charge < -0.3 is 15.8 Å². The van der Waals surface area contributed by atoms with Crippen molar-refractivity contribution in [1.29, 1.82) is 0 Å². The van der Waals surface area contributed by atoms with Crippen molar-refractivity contribution in [3.63, 3.8) is 0 Å². The Hall–Kier alpha value is -3.08. The standard InChI is InChI=1S/C14H12BrFN6O3/c1-18-6-8(5-17)20-14-19-7-10(15)13(21-14)25-12-4-9(22(23)24)2-3-11(12)16/h2-7H,17H2,1H3,(H,19,20,21).